The Morgan fingerprint density at radius 1 is 1.42 bits per heavy atom. The highest BCUT2D eigenvalue weighted by Crippen LogP contribution is 2.49. The van der Waals surface area contributed by atoms with Crippen molar-refractivity contribution in [2.75, 3.05) is 32.8 Å². The molecule has 1 aliphatic heterocycles. The van der Waals surface area contributed by atoms with Crippen LogP contribution in [0.25, 0.3) is 11.2 Å². The van der Waals surface area contributed by atoms with Gasteiger partial charge in [0, 0.05) is 26.8 Å². The van der Waals surface area contributed by atoms with Gasteiger partial charge in [0.1, 0.15) is 18.3 Å². The Hall–Kier alpha value is -2.15. The summed E-state index contributed by atoms with van der Waals surface area (Å²) < 4.78 is 35.8. The van der Waals surface area contributed by atoms with Crippen LogP contribution >= 0.6 is 7.60 Å². The van der Waals surface area contributed by atoms with E-state index in [2.05, 4.69) is 20.3 Å². The van der Waals surface area contributed by atoms with Gasteiger partial charge in [-0.25, -0.2) is 4.98 Å². The zero-order chi connectivity index (χ0) is 22.9. The average Bonchev–Trinajstić information content (AvgIpc) is 3.28. The zero-order valence-electron chi connectivity index (χ0n) is 17.8. The third-order valence-electron chi connectivity index (χ3n) is 4.85. The van der Waals surface area contributed by atoms with Crippen molar-refractivity contribution in [2.24, 2.45) is 5.92 Å². The average molecular weight is 459 g/mol. The maximum Gasteiger partial charge on any atom is 0.327 e. The van der Waals surface area contributed by atoms with Crippen molar-refractivity contribution in [3.63, 3.8) is 0 Å². The number of aromatic amines is 1. The first-order valence-corrected chi connectivity index (χ1v) is 11.5. The maximum absolute atomic E-state index is 12.5. The Labute approximate surface area is 177 Å². The van der Waals surface area contributed by atoms with E-state index in [1.807, 2.05) is 0 Å². The Morgan fingerprint density at radius 3 is 2.71 bits per heavy atom. The molecule has 1 saturated heterocycles. The van der Waals surface area contributed by atoms with E-state index in [1.165, 1.54) is 31.8 Å². The number of H-pyrrole nitrogens is 1. The van der Waals surface area contributed by atoms with Crippen LogP contribution in [0.5, 0.6) is 0 Å². The lowest BCUT2D eigenvalue weighted by atomic mass is 10.1. The number of hydrogen-bond acceptors (Lipinski definition) is 10. The molecule has 5 unspecified atom stereocenters. The zero-order valence-corrected chi connectivity index (χ0v) is 18.7. The molecule has 13 nitrogen and oxygen atoms in total. The van der Waals surface area contributed by atoms with Crippen LogP contribution in [0.3, 0.4) is 0 Å². The van der Waals surface area contributed by atoms with Crippen LogP contribution in [0.15, 0.2) is 11.1 Å². The second-order valence-corrected chi connectivity index (χ2v) is 9.47. The fourth-order valence-corrected chi connectivity index (χ4v) is 3.93. The number of aromatic nitrogens is 4. The molecule has 1 aliphatic rings. The topological polar surface area (TPSA) is 167 Å². The lowest BCUT2D eigenvalue weighted by Gasteiger charge is -2.26. The molecular weight excluding hydrogens is 433 g/mol. The molecule has 0 spiro atoms. The molecule has 0 aliphatic carbocycles. The molecular formula is C17H26N5O8P. The number of fused-ring (bicyclic) bond motifs is 1. The van der Waals surface area contributed by atoms with E-state index in [1.54, 1.807) is 13.8 Å². The Balaban J connectivity index is 2.07. The molecule has 0 aromatic carbocycles. The minimum Gasteiger partial charge on any atom is -0.394 e. The first kappa shape index (κ1) is 23.5. The van der Waals surface area contributed by atoms with E-state index in [9.17, 15) is 19.3 Å². The van der Waals surface area contributed by atoms with Crippen LogP contribution in [0.2, 0.25) is 0 Å². The molecule has 3 N–H and O–H groups in total. The van der Waals surface area contributed by atoms with E-state index in [4.69, 9.17) is 18.5 Å². The number of carbonyl (C=O) groups excluding carboxylic acids is 1. The fraction of sp³-hybridized carbons (Fsp3) is 0.647. The number of amides is 1. The van der Waals surface area contributed by atoms with Gasteiger partial charge in [-0.05, 0) is 0 Å². The highest BCUT2D eigenvalue weighted by atomic mass is 31.2. The van der Waals surface area contributed by atoms with Crippen LogP contribution in [0.4, 0.5) is 5.95 Å². The van der Waals surface area contributed by atoms with Gasteiger partial charge in [0.05, 0.1) is 12.9 Å². The van der Waals surface area contributed by atoms with Crippen LogP contribution in [0, 0.1) is 5.92 Å². The molecule has 5 atom stereocenters. The molecule has 1 amide bonds. The van der Waals surface area contributed by atoms with Crippen LogP contribution < -0.4 is 10.9 Å². The van der Waals surface area contributed by atoms with E-state index in [0.29, 0.717) is 0 Å². The van der Waals surface area contributed by atoms with E-state index in [0.717, 1.165) is 0 Å². The minimum absolute atomic E-state index is 0.00210. The molecule has 2 aromatic rings. The third kappa shape index (κ3) is 4.71. The predicted octanol–water partition coefficient (Wildman–Crippen LogP) is 0.473. The van der Waals surface area contributed by atoms with Gasteiger partial charge in [-0.2, -0.15) is 4.98 Å². The molecule has 2 aromatic heterocycles. The molecule has 172 valence electrons. The van der Waals surface area contributed by atoms with Crippen molar-refractivity contribution in [3.8, 4) is 0 Å². The highest BCUT2D eigenvalue weighted by molar-refractivity contribution is 7.52. The van der Waals surface area contributed by atoms with E-state index >= 15 is 0 Å². The molecule has 14 heteroatoms. The van der Waals surface area contributed by atoms with Crippen molar-refractivity contribution in [1.82, 2.24) is 19.5 Å². The number of methoxy groups -OCH3 is 1. The molecule has 3 rings (SSSR count). The van der Waals surface area contributed by atoms with E-state index in [-0.39, 0.29) is 28.9 Å². The third-order valence-corrected chi connectivity index (χ3v) is 6.14. The van der Waals surface area contributed by atoms with Gasteiger partial charge in [-0.1, -0.05) is 13.8 Å². The fourth-order valence-electron chi connectivity index (χ4n) is 3.17. The van der Waals surface area contributed by atoms with Crippen molar-refractivity contribution in [2.45, 2.75) is 38.4 Å². The summed E-state index contributed by atoms with van der Waals surface area (Å²) >= 11 is 0. The van der Waals surface area contributed by atoms with Gasteiger partial charge in [0.15, 0.2) is 17.4 Å². The summed E-state index contributed by atoms with van der Waals surface area (Å²) in [6, 6.07) is 0. The Morgan fingerprint density at radius 2 is 2.13 bits per heavy atom. The maximum atomic E-state index is 12.5. The number of nitrogens with one attached hydrogen (secondary N) is 2. The first-order chi connectivity index (χ1) is 14.6. The summed E-state index contributed by atoms with van der Waals surface area (Å²) in [5.41, 5.74) is -0.478. The minimum atomic E-state index is -3.48. The lowest BCUT2D eigenvalue weighted by Crippen LogP contribution is -2.36. The number of ether oxygens (including phenoxy) is 2. The van der Waals surface area contributed by atoms with Gasteiger partial charge in [-0.3, -0.25) is 33.5 Å². The van der Waals surface area contributed by atoms with Crippen molar-refractivity contribution < 1.29 is 33.0 Å². The Kier molecular flexibility index (Phi) is 6.94. The van der Waals surface area contributed by atoms with Crippen LogP contribution in [-0.4, -0.2) is 76.3 Å². The highest BCUT2D eigenvalue weighted by Gasteiger charge is 2.49. The molecule has 3 heterocycles. The van der Waals surface area contributed by atoms with E-state index < -0.39 is 44.3 Å². The molecule has 0 saturated carbocycles. The standard InChI is InChI=1S/C17H26N5O8P/c1-8(2)14(24)20-17-19-13-10(15(25)21-17)18-7-22(13)16-12(30-31(5,26)28-4)11(27-3)9(6-23)29-16/h7-9,11-12,16,23H,6H2,1-5H3,(H2,19,20,21,24,25). The van der Waals surface area contributed by atoms with Gasteiger partial charge in [-0.15, -0.1) is 0 Å². The van der Waals surface area contributed by atoms with Gasteiger partial charge in [0.25, 0.3) is 5.56 Å². The lowest BCUT2D eigenvalue weighted by molar-refractivity contribution is -0.118. The number of hydrogen-bond donors (Lipinski definition) is 3. The monoisotopic (exact) mass is 459 g/mol. The SMILES string of the molecule is COC1C(CO)OC(n2cnc3c(=O)[nH]c(NC(=O)C(C)C)nc32)C1OP(C)(=O)OC. The molecule has 1 fully saturated rings. The Bertz CT molecular complexity index is 1050. The summed E-state index contributed by atoms with van der Waals surface area (Å²) in [5.74, 6) is -0.727. The van der Waals surface area contributed by atoms with Crippen LogP contribution in [-0.2, 0) is 27.9 Å². The first-order valence-electron chi connectivity index (χ1n) is 9.50. The van der Waals surface area contributed by atoms with Gasteiger partial charge < -0.3 is 19.1 Å². The molecule has 31 heavy (non-hydrogen) atoms. The molecule has 0 radical (unpaired) electrons. The molecule has 0 bridgehead atoms. The quantitative estimate of drug-likeness (QED) is 0.472. The number of imidazole rings is 1. The number of anilines is 1. The number of carbonyl (C=O) groups is 1. The summed E-state index contributed by atoms with van der Waals surface area (Å²) in [6.45, 7) is 4.29. The largest absolute Gasteiger partial charge is 0.394 e. The van der Waals surface area contributed by atoms with Crippen molar-refractivity contribution in [1.29, 1.82) is 0 Å². The summed E-state index contributed by atoms with van der Waals surface area (Å²) in [7, 11) is -0.835. The van der Waals surface area contributed by atoms with Gasteiger partial charge >= 0.3 is 7.60 Å². The number of rotatable bonds is 8. The number of aliphatic hydroxyl groups is 1. The second kappa shape index (κ2) is 9.15. The number of nitrogens with zero attached hydrogens (tertiary/aromatic N) is 3. The van der Waals surface area contributed by atoms with Crippen molar-refractivity contribution >= 4 is 30.6 Å². The summed E-state index contributed by atoms with van der Waals surface area (Å²) in [6.07, 6.45) is -2.28. The summed E-state index contributed by atoms with van der Waals surface area (Å²) in [4.78, 5) is 35.3. The smallest absolute Gasteiger partial charge is 0.327 e. The van der Waals surface area contributed by atoms with Gasteiger partial charge in [0.2, 0.25) is 11.9 Å². The number of aliphatic hydroxyl groups excluding tert-OH is 1. The predicted molar refractivity (Wildman–Crippen MR) is 109 cm³/mol. The van der Waals surface area contributed by atoms with Crippen LogP contribution in [0.1, 0.15) is 20.1 Å². The summed E-state index contributed by atoms with van der Waals surface area (Å²) in [5, 5.41) is 12.2. The normalized spacial score (nSPS) is 25.8. The van der Waals surface area contributed by atoms with Crippen molar-refractivity contribution in [3.05, 3.63) is 16.7 Å². The second-order valence-electron chi connectivity index (χ2n) is 7.35.